The van der Waals surface area contributed by atoms with E-state index >= 15 is 0 Å². The molecule has 2 aliphatic rings. The van der Waals surface area contributed by atoms with Crippen LogP contribution in [0.25, 0.3) is 0 Å². The number of piperidine rings is 1. The summed E-state index contributed by atoms with van der Waals surface area (Å²) in [5.74, 6) is 0.0877. The van der Waals surface area contributed by atoms with Crippen LogP contribution in [0.1, 0.15) is 12.8 Å². The Labute approximate surface area is 138 Å². The van der Waals surface area contributed by atoms with E-state index in [0.717, 1.165) is 44.3 Å². The molecule has 2 rings (SSSR count). The number of likely N-dealkylation sites (tertiary alicyclic amines) is 1. The number of carbonyl (C=O) groups is 2. The number of aliphatic imine (C=N–C) groups is 1. The molecule has 126 valence electrons. The standard InChI is InChI=1S/C17H26N4O2/c1-18-16(13-22)15(9-14-5-4-6-19(2)10-14)11-21-8-7-20(3)12-17(21)23/h9,13H,1,4-8,10-12H2,2-3H3/b14-9-,16-15+. The third-order valence-corrected chi connectivity index (χ3v) is 4.37. The maximum atomic E-state index is 12.2. The fourth-order valence-electron chi connectivity index (χ4n) is 3.06. The third-order valence-electron chi connectivity index (χ3n) is 4.37. The van der Waals surface area contributed by atoms with Crippen LogP contribution in [0, 0.1) is 0 Å². The van der Waals surface area contributed by atoms with Gasteiger partial charge < -0.3 is 9.80 Å². The van der Waals surface area contributed by atoms with Crippen molar-refractivity contribution in [1.29, 1.82) is 0 Å². The number of carbonyl (C=O) groups excluding carboxylic acids is 2. The molecule has 2 saturated heterocycles. The number of likely N-dealkylation sites (N-methyl/N-ethyl adjacent to an activating group) is 2. The molecule has 0 aliphatic carbocycles. The van der Waals surface area contributed by atoms with Crippen molar-refractivity contribution in [2.45, 2.75) is 12.8 Å². The molecule has 0 aromatic heterocycles. The molecule has 2 fully saturated rings. The summed E-state index contributed by atoms with van der Waals surface area (Å²) >= 11 is 0. The van der Waals surface area contributed by atoms with Gasteiger partial charge in [-0.15, -0.1) is 0 Å². The van der Waals surface area contributed by atoms with Crippen LogP contribution in [0.5, 0.6) is 0 Å². The molecule has 23 heavy (non-hydrogen) atoms. The summed E-state index contributed by atoms with van der Waals surface area (Å²) in [6.07, 6.45) is 4.90. The van der Waals surface area contributed by atoms with Gasteiger partial charge in [-0.3, -0.25) is 19.5 Å². The highest BCUT2D eigenvalue weighted by atomic mass is 16.2. The van der Waals surface area contributed by atoms with E-state index in [0.29, 0.717) is 25.3 Å². The molecule has 0 aromatic rings. The fourth-order valence-corrected chi connectivity index (χ4v) is 3.06. The Morgan fingerprint density at radius 2 is 1.96 bits per heavy atom. The zero-order valence-corrected chi connectivity index (χ0v) is 14.1. The van der Waals surface area contributed by atoms with Crippen LogP contribution >= 0.6 is 0 Å². The van der Waals surface area contributed by atoms with Gasteiger partial charge >= 0.3 is 0 Å². The van der Waals surface area contributed by atoms with Crippen LogP contribution in [0.3, 0.4) is 0 Å². The lowest BCUT2D eigenvalue weighted by atomic mass is 10.0. The SMILES string of the molecule is C=N/C(C=O)=C(\C=C1\CCCN(C)C1)CN1CCN(C)CC1=O. The summed E-state index contributed by atoms with van der Waals surface area (Å²) in [7, 11) is 4.03. The highest BCUT2D eigenvalue weighted by Crippen LogP contribution is 2.19. The molecule has 0 N–H and O–H groups in total. The molecule has 0 unspecified atom stereocenters. The number of allylic oxidation sites excluding steroid dienone is 1. The van der Waals surface area contributed by atoms with E-state index in [1.807, 2.05) is 18.0 Å². The van der Waals surface area contributed by atoms with Gasteiger partial charge in [-0.2, -0.15) is 0 Å². The van der Waals surface area contributed by atoms with Gasteiger partial charge in [0.15, 0.2) is 6.29 Å². The van der Waals surface area contributed by atoms with Crippen molar-refractivity contribution in [3.8, 4) is 0 Å². The average molecular weight is 318 g/mol. The van der Waals surface area contributed by atoms with Crippen molar-refractivity contribution < 1.29 is 9.59 Å². The van der Waals surface area contributed by atoms with Gasteiger partial charge in [-0.05, 0) is 40.2 Å². The third kappa shape index (κ3) is 4.84. The van der Waals surface area contributed by atoms with Crippen molar-refractivity contribution in [2.24, 2.45) is 4.99 Å². The zero-order valence-electron chi connectivity index (χ0n) is 14.1. The monoisotopic (exact) mass is 318 g/mol. The number of piperazine rings is 1. The topological polar surface area (TPSA) is 56.2 Å². The first-order valence-electron chi connectivity index (χ1n) is 8.03. The molecular weight excluding hydrogens is 292 g/mol. The highest BCUT2D eigenvalue weighted by molar-refractivity contribution is 5.81. The largest absolute Gasteiger partial charge is 0.336 e. The van der Waals surface area contributed by atoms with Gasteiger partial charge in [0.25, 0.3) is 0 Å². The van der Waals surface area contributed by atoms with Crippen LogP contribution in [-0.2, 0) is 9.59 Å². The molecule has 0 spiro atoms. The van der Waals surface area contributed by atoms with Crippen LogP contribution in [0.15, 0.2) is 27.9 Å². The van der Waals surface area contributed by atoms with E-state index in [2.05, 4.69) is 23.7 Å². The molecule has 0 saturated carbocycles. The predicted octanol–water partition coefficient (Wildman–Crippen LogP) is 0.566. The molecule has 2 aliphatic heterocycles. The number of hydrogen-bond donors (Lipinski definition) is 0. The lowest BCUT2D eigenvalue weighted by Crippen LogP contribution is -2.49. The van der Waals surface area contributed by atoms with E-state index < -0.39 is 0 Å². The van der Waals surface area contributed by atoms with Crippen molar-refractivity contribution >= 4 is 18.9 Å². The average Bonchev–Trinajstić information content (AvgIpc) is 2.51. The summed E-state index contributed by atoms with van der Waals surface area (Å²) in [6.45, 7) is 7.84. The first kappa shape index (κ1) is 17.6. The first-order chi connectivity index (χ1) is 11.0. The lowest BCUT2D eigenvalue weighted by molar-refractivity contribution is -0.134. The highest BCUT2D eigenvalue weighted by Gasteiger charge is 2.23. The van der Waals surface area contributed by atoms with Crippen molar-refractivity contribution in [1.82, 2.24) is 14.7 Å². The Morgan fingerprint density at radius 1 is 1.22 bits per heavy atom. The summed E-state index contributed by atoms with van der Waals surface area (Å²) in [5, 5.41) is 0. The van der Waals surface area contributed by atoms with E-state index in [-0.39, 0.29) is 5.91 Å². The molecule has 6 nitrogen and oxygen atoms in total. The Hall–Kier alpha value is -1.79. The Bertz CT molecular complexity index is 529. The summed E-state index contributed by atoms with van der Waals surface area (Å²) in [5.41, 5.74) is 2.40. The van der Waals surface area contributed by atoms with Gasteiger partial charge in [0.2, 0.25) is 5.91 Å². The maximum absolute atomic E-state index is 12.2. The fraction of sp³-hybridized carbons (Fsp3) is 0.588. The minimum atomic E-state index is 0.0877. The van der Waals surface area contributed by atoms with Gasteiger partial charge in [-0.25, -0.2) is 0 Å². The van der Waals surface area contributed by atoms with E-state index in [9.17, 15) is 9.59 Å². The molecule has 0 aromatic carbocycles. The van der Waals surface area contributed by atoms with E-state index in [4.69, 9.17) is 0 Å². The summed E-state index contributed by atoms with van der Waals surface area (Å²) in [6, 6.07) is 0. The van der Waals surface area contributed by atoms with Gasteiger partial charge in [0.05, 0.1) is 6.54 Å². The first-order valence-corrected chi connectivity index (χ1v) is 8.03. The zero-order chi connectivity index (χ0) is 16.8. The van der Waals surface area contributed by atoms with Crippen LogP contribution < -0.4 is 0 Å². The second-order valence-electron chi connectivity index (χ2n) is 6.38. The van der Waals surface area contributed by atoms with Crippen LogP contribution in [0.2, 0.25) is 0 Å². The normalized spacial score (nSPS) is 23.8. The number of aldehydes is 1. The summed E-state index contributed by atoms with van der Waals surface area (Å²) < 4.78 is 0. The second kappa shape index (κ2) is 8.17. The molecule has 0 radical (unpaired) electrons. The number of amides is 1. The molecular formula is C17H26N4O2. The molecule has 2 heterocycles. The smallest absolute Gasteiger partial charge is 0.237 e. The number of hydrogen-bond acceptors (Lipinski definition) is 5. The second-order valence-corrected chi connectivity index (χ2v) is 6.38. The number of rotatable bonds is 5. The Morgan fingerprint density at radius 3 is 2.57 bits per heavy atom. The molecule has 0 atom stereocenters. The van der Waals surface area contributed by atoms with Crippen molar-refractivity contribution in [3.63, 3.8) is 0 Å². The molecule has 6 heteroatoms. The van der Waals surface area contributed by atoms with Crippen molar-refractivity contribution in [3.05, 3.63) is 22.9 Å². The molecule has 1 amide bonds. The Kier molecular flexibility index (Phi) is 6.24. The van der Waals surface area contributed by atoms with Gasteiger partial charge in [0, 0.05) is 31.8 Å². The van der Waals surface area contributed by atoms with E-state index in [1.54, 1.807) is 4.90 Å². The van der Waals surface area contributed by atoms with Crippen LogP contribution in [0.4, 0.5) is 0 Å². The number of nitrogens with zero attached hydrogens (tertiary/aromatic N) is 4. The van der Waals surface area contributed by atoms with Gasteiger partial charge in [0.1, 0.15) is 5.70 Å². The summed E-state index contributed by atoms with van der Waals surface area (Å²) in [4.78, 5) is 33.4. The lowest BCUT2D eigenvalue weighted by Gasteiger charge is -2.33. The quantitative estimate of drug-likeness (QED) is 0.422. The maximum Gasteiger partial charge on any atom is 0.237 e. The Balaban J connectivity index is 2.20. The molecule has 0 bridgehead atoms. The van der Waals surface area contributed by atoms with Crippen LogP contribution in [-0.4, -0.2) is 87.0 Å². The minimum absolute atomic E-state index is 0.0877. The predicted molar refractivity (Wildman–Crippen MR) is 91.5 cm³/mol. The van der Waals surface area contributed by atoms with E-state index in [1.165, 1.54) is 5.57 Å². The van der Waals surface area contributed by atoms with Gasteiger partial charge in [-0.1, -0.05) is 11.6 Å². The minimum Gasteiger partial charge on any atom is -0.336 e. The van der Waals surface area contributed by atoms with Crippen molar-refractivity contribution in [2.75, 3.05) is 53.4 Å².